The van der Waals surface area contributed by atoms with Crippen molar-refractivity contribution in [3.05, 3.63) is 0 Å². The van der Waals surface area contributed by atoms with Crippen molar-refractivity contribution in [3.63, 3.8) is 0 Å². The summed E-state index contributed by atoms with van der Waals surface area (Å²) in [6.45, 7) is 9.83. The van der Waals surface area contributed by atoms with E-state index in [2.05, 4.69) is 0 Å². The summed E-state index contributed by atoms with van der Waals surface area (Å²) < 4.78 is 5.51. The van der Waals surface area contributed by atoms with Crippen LogP contribution in [0.15, 0.2) is 0 Å². The molecular formula is C10H22O3. The van der Waals surface area contributed by atoms with Gasteiger partial charge in [0.25, 0.3) is 0 Å². The Morgan fingerprint density at radius 2 is 1.62 bits per heavy atom. The van der Waals surface area contributed by atoms with Gasteiger partial charge < -0.3 is 14.9 Å². The van der Waals surface area contributed by atoms with Crippen LogP contribution in [0.4, 0.5) is 0 Å². The summed E-state index contributed by atoms with van der Waals surface area (Å²) >= 11 is 0. The average Bonchev–Trinajstić information content (AvgIpc) is 1.78. The van der Waals surface area contributed by atoms with Crippen molar-refractivity contribution >= 4 is 0 Å². The van der Waals surface area contributed by atoms with Gasteiger partial charge in [-0.25, -0.2) is 0 Å². The highest BCUT2D eigenvalue weighted by Gasteiger charge is 2.21. The molecular weight excluding hydrogens is 168 g/mol. The van der Waals surface area contributed by atoms with Crippen molar-refractivity contribution in [1.82, 2.24) is 0 Å². The lowest BCUT2D eigenvalue weighted by Gasteiger charge is -2.25. The minimum absolute atomic E-state index is 0.152. The Morgan fingerprint density at radius 1 is 1.15 bits per heavy atom. The van der Waals surface area contributed by atoms with E-state index in [0.717, 1.165) is 0 Å². The normalized spacial score (nSPS) is 15.9. The van der Waals surface area contributed by atoms with Crippen LogP contribution < -0.4 is 0 Å². The first-order valence-electron chi connectivity index (χ1n) is 4.69. The Labute approximate surface area is 80.7 Å². The van der Waals surface area contributed by atoms with Crippen LogP contribution in [0.1, 0.15) is 41.0 Å². The molecule has 0 saturated heterocycles. The van der Waals surface area contributed by atoms with Gasteiger partial charge in [0.15, 0.2) is 5.79 Å². The maximum atomic E-state index is 9.12. The van der Waals surface area contributed by atoms with Crippen LogP contribution in [-0.2, 0) is 4.74 Å². The fraction of sp³-hybridized carbons (Fsp3) is 1.00. The van der Waals surface area contributed by atoms with Crippen molar-refractivity contribution in [1.29, 1.82) is 0 Å². The number of aliphatic hydroxyl groups is 2. The zero-order valence-corrected chi connectivity index (χ0v) is 9.29. The minimum Gasteiger partial charge on any atom is -0.376 e. The summed E-state index contributed by atoms with van der Waals surface area (Å²) in [7, 11) is 0. The van der Waals surface area contributed by atoms with E-state index in [-0.39, 0.29) is 11.5 Å². The topological polar surface area (TPSA) is 49.7 Å². The molecule has 0 fully saturated rings. The molecule has 13 heavy (non-hydrogen) atoms. The second-order valence-electron chi connectivity index (χ2n) is 4.95. The van der Waals surface area contributed by atoms with E-state index >= 15 is 0 Å². The minimum atomic E-state index is -1.58. The van der Waals surface area contributed by atoms with E-state index in [4.69, 9.17) is 14.9 Å². The van der Waals surface area contributed by atoms with E-state index in [9.17, 15) is 0 Å². The molecule has 0 aromatic rings. The SMILES string of the molecule is CC(COC(C)(C)C)CC(C)(O)O. The maximum absolute atomic E-state index is 9.12. The summed E-state index contributed by atoms with van der Waals surface area (Å²) in [5, 5.41) is 18.2. The Morgan fingerprint density at radius 3 is 1.92 bits per heavy atom. The molecule has 0 radical (unpaired) electrons. The number of hydrogen-bond acceptors (Lipinski definition) is 3. The van der Waals surface area contributed by atoms with Gasteiger partial charge in [0.1, 0.15) is 0 Å². The summed E-state index contributed by atoms with van der Waals surface area (Å²) in [5.74, 6) is -1.43. The predicted molar refractivity (Wildman–Crippen MR) is 52.3 cm³/mol. The summed E-state index contributed by atoms with van der Waals surface area (Å²) in [6, 6.07) is 0. The molecule has 0 aliphatic rings. The second kappa shape index (κ2) is 4.40. The molecule has 0 heterocycles. The van der Waals surface area contributed by atoms with Crippen molar-refractivity contribution in [3.8, 4) is 0 Å². The molecule has 0 aliphatic heterocycles. The largest absolute Gasteiger partial charge is 0.376 e. The van der Waals surface area contributed by atoms with Gasteiger partial charge in [-0.15, -0.1) is 0 Å². The molecule has 0 bridgehead atoms. The Kier molecular flexibility index (Phi) is 4.36. The molecule has 3 nitrogen and oxygen atoms in total. The molecule has 3 heteroatoms. The van der Waals surface area contributed by atoms with Gasteiger partial charge in [-0.05, 0) is 33.6 Å². The van der Waals surface area contributed by atoms with Crippen LogP contribution >= 0.6 is 0 Å². The van der Waals surface area contributed by atoms with Crippen LogP contribution in [0, 0.1) is 5.92 Å². The van der Waals surface area contributed by atoms with Crippen molar-refractivity contribution in [2.75, 3.05) is 6.61 Å². The van der Waals surface area contributed by atoms with Gasteiger partial charge in [0, 0.05) is 6.42 Å². The van der Waals surface area contributed by atoms with E-state index in [1.807, 2.05) is 27.7 Å². The third-order valence-electron chi connectivity index (χ3n) is 1.54. The van der Waals surface area contributed by atoms with E-state index in [1.165, 1.54) is 6.92 Å². The highest BCUT2D eigenvalue weighted by molar-refractivity contribution is 4.65. The van der Waals surface area contributed by atoms with E-state index in [0.29, 0.717) is 13.0 Å². The van der Waals surface area contributed by atoms with Crippen LogP contribution in [0.25, 0.3) is 0 Å². The first-order chi connectivity index (χ1) is 5.60. The number of ether oxygens (including phenoxy) is 1. The molecule has 0 aromatic heterocycles. The van der Waals surface area contributed by atoms with E-state index < -0.39 is 5.79 Å². The highest BCUT2D eigenvalue weighted by atomic mass is 16.5. The predicted octanol–water partition coefficient (Wildman–Crippen LogP) is 1.53. The molecule has 0 aromatic carbocycles. The van der Waals surface area contributed by atoms with Gasteiger partial charge in [-0.1, -0.05) is 6.92 Å². The van der Waals surface area contributed by atoms with Crippen molar-refractivity contribution < 1.29 is 14.9 Å². The Bertz CT molecular complexity index is 141. The Balaban J connectivity index is 3.70. The van der Waals surface area contributed by atoms with Crippen LogP contribution in [-0.4, -0.2) is 28.2 Å². The molecule has 0 amide bonds. The first-order valence-corrected chi connectivity index (χ1v) is 4.69. The lowest BCUT2D eigenvalue weighted by molar-refractivity contribution is -0.163. The zero-order valence-electron chi connectivity index (χ0n) is 9.29. The fourth-order valence-electron chi connectivity index (χ4n) is 1.11. The van der Waals surface area contributed by atoms with Crippen molar-refractivity contribution in [2.45, 2.75) is 52.4 Å². The van der Waals surface area contributed by atoms with Crippen LogP contribution in [0.3, 0.4) is 0 Å². The fourth-order valence-corrected chi connectivity index (χ4v) is 1.11. The maximum Gasteiger partial charge on any atom is 0.159 e. The summed E-state index contributed by atoms with van der Waals surface area (Å²) in [4.78, 5) is 0. The summed E-state index contributed by atoms with van der Waals surface area (Å²) in [5.41, 5.74) is -0.157. The van der Waals surface area contributed by atoms with Gasteiger partial charge in [0.05, 0.1) is 12.2 Å². The van der Waals surface area contributed by atoms with E-state index in [1.54, 1.807) is 0 Å². The number of hydrogen-bond donors (Lipinski definition) is 2. The third kappa shape index (κ3) is 9.80. The summed E-state index contributed by atoms with van der Waals surface area (Å²) in [6.07, 6.45) is 0.336. The quantitative estimate of drug-likeness (QED) is 0.661. The highest BCUT2D eigenvalue weighted by Crippen LogP contribution is 2.16. The second-order valence-corrected chi connectivity index (χ2v) is 4.95. The van der Waals surface area contributed by atoms with Gasteiger partial charge in [-0.3, -0.25) is 0 Å². The zero-order chi connectivity index (χ0) is 10.7. The van der Waals surface area contributed by atoms with Crippen LogP contribution in [0.2, 0.25) is 0 Å². The lowest BCUT2D eigenvalue weighted by atomic mass is 10.0. The Hall–Kier alpha value is -0.120. The standard InChI is InChI=1S/C10H22O3/c1-8(6-10(5,11)12)7-13-9(2,3)4/h8,11-12H,6-7H2,1-5H3. The first kappa shape index (κ1) is 12.9. The van der Waals surface area contributed by atoms with Gasteiger partial charge >= 0.3 is 0 Å². The lowest BCUT2D eigenvalue weighted by Crippen LogP contribution is -2.29. The van der Waals surface area contributed by atoms with Gasteiger partial charge in [-0.2, -0.15) is 0 Å². The van der Waals surface area contributed by atoms with Gasteiger partial charge in [0.2, 0.25) is 0 Å². The molecule has 2 N–H and O–H groups in total. The number of rotatable bonds is 4. The van der Waals surface area contributed by atoms with Crippen molar-refractivity contribution in [2.24, 2.45) is 5.92 Å². The molecule has 1 atom stereocenters. The third-order valence-corrected chi connectivity index (χ3v) is 1.54. The molecule has 0 spiro atoms. The molecule has 0 aliphatic carbocycles. The molecule has 0 rings (SSSR count). The van der Waals surface area contributed by atoms with Crippen LogP contribution in [0.5, 0.6) is 0 Å². The molecule has 1 unspecified atom stereocenters. The average molecular weight is 190 g/mol. The molecule has 80 valence electrons. The molecule has 0 saturated carbocycles. The monoisotopic (exact) mass is 190 g/mol. The smallest absolute Gasteiger partial charge is 0.159 e.